The first-order chi connectivity index (χ1) is 48.4. The third-order valence-corrected chi connectivity index (χ3v) is 21.9. The standard InChI is InChI=1S/C90H64O8/c1-4-12-56-44-82-78(41-53(56)9-1)77-15-7-8-16-81(77)89(82,67-25-17-63-37-71(29-21-59(63)33-67)91-48-75-50-93-75)68-26-18-65-39-73(31-23-60(65)34-68)95-52-86-88(98-86)85-47-87(97-85)96-74-32-24-62-36-70(28-20-66(62)40-74)90(69-27-19-64-38-72(30-22-61(64)35-69)92-49-76-51-94-76)83-45-57-13-5-2-10-54(57)42-79(83)80-43-55-11-3-6-14-58(55)46-84(80)90/h1-46,75-76,85-88H,47-52H2. The van der Waals surface area contributed by atoms with Gasteiger partial charge in [-0.05, 0) is 251 Å². The van der Waals surface area contributed by atoms with E-state index in [0.29, 0.717) is 19.8 Å². The van der Waals surface area contributed by atoms with E-state index >= 15 is 0 Å². The van der Waals surface area contributed by atoms with Crippen molar-refractivity contribution in [2.24, 2.45) is 0 Å². The fraction of sp³-hybridized carbons (Fsp3) is 0.156. The average molecular weight is 1270 g/mol. The lowest BCUT2D eigenvalue weighted by Gasteiger charge is -2.35. The SMILES string of the molecule is c1ccc2c(c1)-c1cc3ccccc3cc1C2(c1ccc2cc(OCC3CO3)ccc2c1)c1ccc2cc(OCC3OC3C3CC(Oc4ccc5cc(C6(c7ccc8cc(OCC9CO9)ccc8c7)c7cc8ccccc8cc7-c7cc8ccccc8cc76)ccc5c4)O3)ccc2c1. The Morgan fingerprint density at radius 3 is 1.05 bits per heavy atom. The molecule has 8 nitrogen and oxygen atoms in total. The smallest absolute Gasteiger partial charge is 0.202 e. The van der Waals surface area contributed by atoms with Gasteiger partial charge in [-0.25, -0.2) is 0 Å². The molecule has 0 radical (unpaired) electrons. The molecule has 472 valence electrons. The predicted octanol–water partition coefficient (Wildman–Crippen LogP) is 19.4. The summed E-state index contributed by atoms with van der Waals surface area (Å²) in [4.78, 5) is 0. The molecule has 7 unspecified atom stereocenters. The van der Waals surface area contributed by atoms with Gasteiger partial charge in [0.1, 0.15) is 67.2 Å². The Morgan fingerprint density at radius 1 is 0.296 bits per heavy atom. The summed E-state index contributed by atoms with van der Waals surface area (Å²) in [6, 6.07) is 103. The third kappa shape index (κ3) is 9.19. The second-order valence-electron chi connectivity index (χ2n) is 27.6. The molecule has 4 saturated heterocycles. The molecular weight excluding hydrogens is 1210 g/mol. The quantitative estimate of drug-likeness (QED) is 0.0885. The summed E-state index contributed by atoms with van der Waals surface area (Å²) >= 11 is 0. The van der Waals surface area contributed by atoms with Crippen molar-refractivity contribution >= 4 is 75.4 Å². The van der Waals surface area contributed by atoms with Crippen molar-refractivity contribution in [1.82, 2.24) is 0 Å². The van der Waals surface area contributed by atoms with Crippen LogP contribution in [0.2, 0.25) is 0 Å². The van der Waals surface area contributed by atoms with Crippen LogP contribution >= 0.6 is 0 Å². The van der Waals surface area contributed by atoms with Crippen molar-refractivity contribution in [2.45, 2.75) is 54.1 Å². The normalized spacial score (nSPS) is 21.2. The van der Waals surface area contributed by atoms with Gasteiger partial charge in [-0.1, -0.05) is 170 Å². The van der Waals surface area contributed by atoms with Crippen molar-refractivity contribution in [1.29, 1.82) is 0 Å². The molecule has 0 N–H and O–H groups in total. The zero-order valence-corrected chi connectivity index (χ0v) is 53.5. The molecule has 7 atom stereocenters. The maximum atomic E-state index is 6.57. The van der Waals surface area contributed by atoms with Gasteiger partial charge in [0.25, 0.3) is 0 Å². The molecule has 0 bridgehead atoms. The van der Waals surface area contributed by atoms with Crippen LogP contribution in [0.3, 0.4) is 0 Å². The number of rotatable bonds is 16. The van der Waals surface area contributed by atoms with E-state index in [9.17, 15) is 0 Å². The van der Waals surface area contributed by atoms with Crippen LogP contribution in [-0.2, 0) is 29.8 Å². The number of hydrogen-bond donors (Lipinski definition) is 0. The largest absolute Gasteiger partial charge is 0.491 e. The monoisotopic (exact) mass is 1270 g/mol. The van der Waals surface area contributed by atoms with Crippen LogP contribution in [0.4, 0.5) is 0 Å². The van der Waals surface area contributed by atoms with Crippen LogP contribution in [0.5, 0.6) is 23.0 Å². The molecule has 15 aromatic rings. The van der Waals surface area contributed by atoms with Gasteiger partial charge in [0.15, 0.2) is 0 Å². The Labute approximate surface area is 566 Å². The van der Waals surface area contributed by atoms with Gasteiger partial charge in [-0.2, -0.15) is 0 Å². The molecule has 0 amide bonds. The molecule has 6 aliphatic rings. The van der Waals surface area contributed by atoms with E-state index < -0.39 is 10.8 Å². The Hall–Kier alpha value is -10.8. The van der Waals surface area contributed by atoms with E-state index in [0.717, 1.165) is 85.7 Å². The van der Waals surface area contributed by atoms with E-state index in [-0.39, 0.29) is 36.8 Å². The maximum absolute atomic E-state index is 6.57. The summed E-state index contributed by atoms with van der Waals surface area (Å²) in [6.45, 7) is 3.10. The zero-order valence-electron chi connectivity index (χ0n) is 53.5. The molecule has 0 spiro atoms. The summed E-state index contributed by atoms with van der Waals surface area (Å²) < 4.78 is 48.9. The molecule has 0 saturated carbocycles. The van der Waals surface area contributed by atoms with Gasteiger partial charge in [0.2, 0.25) is 6.29 Å². The molecule has 2 aliphatic carbocycles. The van der Waals surface area contributed by atoms with Crippen LogP contribution in [0.15, 0.2) is 279 Å². The van der Waals surface area contributed by atoms with Crippen LogP contribution in [0.25, 0.3) is 97.7 Å². The first-order valence-electron chi connectivity index (χ1n) is 34.4. The van der Waals surface area contributed by atoms with Gasteiger partial charge < -0.3 is 37.9 Å². The molecule has 4 heterocycles. The minimum absolute atomic E-state index is 0.0537. The summed E-state index contributed by atoms with van der Waals surface area (Å²) in [7, 11) is 0. The second-order valence-corrected chi connectivity index (χ2v) is 27.6. The summed E-state index contributed by atoms with van der Waals surface area (Å²) in [5.41, 5.74) is 13.8. The first kappa shape index (κ1) is 56.3. The van der Waals surface area contributed by atoms with Gasteiger partial charge in [-0.15, -0.1) is 0 Å². The molecule has 0 aromatic heterocycles. The third-order valence-electron chi connectivity index (χ3n) is 21.9. The fourth-order valence-electron chi connectivity index (χ4n) is 16.7. The van der Waals surface area contributed by atoms with Crippen LogP contribution < -0.4 is 18.9 Å². The Morgan fingerprint density at radius 2 is 0.622 bits per heavy atom. The highest BCUT2D eigenvalue weighted by molar-refractivity contribution is 6.03. The number of ether oxygens (including phenoxy) is 8. The molecular formula is C90H64O8. The molecule has 8 heteroatoms. The second kappa shape index (κ2) is 21.8. The first-order valence-corrected chi connectivity index (χ1v) is 34.4. The summed E-state index contributed by atoms with van der Waals surface area (Å²) in [5, 5.41) is 16.4. The average Bonchev–Trinajstić information content (AvgIpc) is 1.52. The molecule has 21 rings (SSSR count). The van der Waals surface area contributed by atoms with E-state index in [1.165, 1.54) is 99.1 Å². The van der Waals surface area contributed by atoms with Crippen molar-refractivity contribution in [3.8, 4) is 45.3 Å². The summed E-state index contributed by atoms with van der Waals surface area (Å²) in [5.74, 6) is 3.30. The number of benzene rings is 15. The van der Waals surface area contributed by atoms with Gasteiger partial charge in [-0.3, -0.25) is 0 Å². The highest BCUT2D eigenvalue weighted by atomic mass is 16.7. The number of epoxide rings is 3. The minimum Gasteiger partial charge on any atom is -0.491 e. The molecule has 98 heavy (non-hydrogen) atoms. The van der Waals surface area contributed by atoms with Crippen molar-refractivity contribution in [2.75, 3.05) is 33.0 Å². The highest BCUT2D eigenvalue weighted by Crippen LogP contribution is 2.60. The van der Waals surface area contributed by atoms with E-state index in [1.54, 1.807) is 0 Å². The van der Waals surface area contributed by atoms with E-state index in [2.05, 4.69) is 279 Å². The highest BCUT2D eigenvalue weighted by Gasteiger charge is 2.53. The minimum atomic E-state index is -0.648. The van der Waals surface area contributed by atoms with E-state index in [4.69, 9.17) is 37.9 Å². The lowest BCUT2D eigenvalue weighted by molar-refractivity contribution is -0.222. The zero-order chi connectivity index (χ0) is 64.2. The van der Waals surface area contributed by atoms with Crippen LogP contribution in [0, 0.1) is 0 Å². The van der Waals surface area contributed by atoms with Crippen LogP contribution in [-0.4, -0.2) is 69.8 Å². The van der Waals surface area contributed by atoms with Gasteiger partial charge >= 0.3 is 0 Å². The topological polar surface area (TPSA) is 83.7 Å². The van der Waals surface area contributed by atoms with E-state index in [1.807, 2.05) is 0 Å². The van der Waals surface area contributed by atoms with Gasteiger partial charge in [0, 0.05) is 6.42 Å². The Bertz CT molecular complexity index is 5740. The molecule has 4 fully saturated rings. The Balaban J connectivity index is 0.531. The number of fused-ring (bicyclic) bond motifs is 13. The summed E-state index contributed by atoms with van der Waals surface area (Å²) in [6.07, 6.45) is 0.548. The van der Waals surface area contributed by atoms with Crippen molar-refractivity contribution in [3.63, 3.8) is 0 Å². The van der Waals surface area contributed by atoms with Crippen molar-refractivity contribution < 1.29 is 37.9 Å². The van der Waals surface area contributed by atoms with Gasteiger partial charge in [0.05, 0.1) is 30.1 Å². The maximum Gasteiger partial charge on any atom is 0.202 e. The van der Waals surface area contributed by atoms with Crippen molar-refractivity contribution in [3.05, 3.63) is 324 Å². The lowest BCUT2D eigenvalue weighted by Crippen LogP contribution is -2.45. The lowest BCUT2D eigenvalue weighted by atomic mass is 9.66. The number of hydrogen-bond acceptors (Lipinski definition) is 8. The molecule has 4 aliphatic heterocycles. The molecule has 15 aromatic carbocycles. The predicted molar refractivity (Wildman–Crippen MR) is 389 cm³/mol. The Kier molecular flexibility index (Phi) is 12.6. The van der Waals surface area contributed by atoms with Crippen LogP contribution in [0.1, 0.15) is 50.9 Å². The fourth-order valence-corrected chi connectivity index (χ4v) is 16.7.